The molecule has 7 heteroatoms. The highest BCUT2D eigenvalue weighted by molar-refractivity contribution is 8.00. The van der Waals surface area contributed by atoms with Crippen molar-refractivity contribution in [2.45, 2.75) is 61.9 Å². The molecule has 1 atom stereocenters. The second-order valence-electron chi connectivity index (χ2n) is 6.66. The summed E-state index contributed by atoms with van der Waals surface area (Å²) < 4.78 is 5.50. The highest BCUT2D eigenvalue weighted by Gasteiger charge is 2.35. The highest BCUT2D eigenvalue weighted by Crippen LogP contribution is 2.30. The minimum absolute atomic E-state index is 0.117. The zero-order chi connectivity index (χ0) is 18.6. The van der Waals surface area contributed by atoms with Gasteiger partial charge in [0.15, 0.2) is 5.16 Å². The van der Waals surface area contributed by atoms with Crippen LogP contribution in [0.4, 0.5) is 0 Å². The molecule has 1 saturated carbocycles. The lowest BCUT2D eigenvalue weighted by Gasteiger charge is -2.32. The zero-order valence-electron chi connectivity index (χ0n) is 15.2. The number of aromatic nitrogens is 2. The molecule has 3 rings (SSSR count). The number of hydrogen-bond donors (Lipinski definition) is 2. The van der Waals surface area contributed by atoms with E-state index in [2.05, 4.69) is 21.4 Å². The van der Waals surface area contributed by atoms with Crippen molar-refractivity contribution in [3.8, 4) is 11.8 Å². The van der Waals surface area contributed by atoms with Crippen LogP contribution in [0.5, 0.6) is 5.75 Å². The van der Waals surface area contributed by atoms with E-state index >= 15 is 0 Å². The number of nitrogens with zero attached hydrogens (tertiary/aromatic N) is 2. The fraction of sp³-hybridized carbons (Fsp3) is 0.526. The van der Waals surface area contributed by atoms with E-state index in [0.717, 1.165) is 48.9 Å². The van der Waals surface area contributed by atoms with E-state index in [0.29, 0.717) is 11.8 Å². The van der Waals surface area contributed by atoms with Crippen LogP contribution in [0, 0.1) is 11.3 Å². The number of carbonyl (C=O) groups is 1. The molecule has 1 aliphatic rings. The van der Waals surface area contributed by atoms with E-state index in [1.807, 2.05) is 32.0 Å². The molecule has 26 heavy (non-hydrogen) atoms. The number of thioether (sulfide) groups is 1. The zero-order valence-corrected chi connectivity index (χ0v) is 16.0. The molecule has 1 unspecified atom stereocenters. The fourth-order valence-corrected chi connectivity index (χ4v) is 4.08. The van der Waals surface area contributed by atoms with Crippen LogP contribution in [0.3, 0.4) is 0 Å². The molecule has 0 aliphatic heterocycles. The molecular weight excluding hydrogens is 348 g/mol. The second kappa shape index (κ2) is 8.00. The first-order chi connectivity index (χ1) is 12.5. The minimum Gasteiger partial charge on any atom is -0.494 e. The van der Waals surface area contributed by atoms with Gasteiger partial charge in [0, 0.05) is 6.07 Å². The number of carbonyl (C=O) groups excluding carboxylic acids is 1. The van der Waals surface area contributed by atoms with Crippen molar-refractivity contribution in [3.63, 3.8) is 0 Å². The van der Waals surface area contributed by atoms with Crippen LogP contribution in [0.15, 0.2) is 23.4 Å². The van der Waals surface area contributed by atoms with E-state index in [4.69, 9.17) is 4.74 Å². The highest BCUT2D eigenvalue weighted by atomic mass is 32.2. The van der Waals surface area contributed by atoms with Gasteiger partial charge in [-0.3, -0.25) is 4.79 Å². The van der Waals surface area contributed by atoms with Crippen molar-refractivity contribution in [1.82, 2.24) is 15.3 Å². The van der Waals surface area contributed by atoms with Crippen LogP contribution in [-0.4, -0.2) is 33.3 Å². The quantitative estimate of drug-likeness (QED) is 0.753. The van der Waals surface area contributed by atoms with Crippen LogP contribution >= 0.6 is 11.8 Å². The SMILES string of the molecule is CCOc1ccc2nc(SC(C)C(=O)NC3(C#N)CCCCC3)[nH]c2c1. The van der Waals surface area contributed by atoms with Gasteiger partial charge < -0.3 is 15.0 Å². The number of nitriles is 1. The monoisotopic (exact) mass is 372 g/mol. The van der Waals surface area contributed by atoms with Crippen LogP contribution in [0.1, 0.15) is 46.0 Å². The van der Waals surface area contributed by atoms with Gasteiger partial charge in [0.1, 0.15) is 11.3 Å². The summed E-state index contributed by atoms with van der Waals surface area (Å²) in [5, 5.41) is 12.9. The Labute approximate surface area is 157 Å². The molecule has 2 N–H and O–H groups in total. The predicted molar refractivity (Wildman–Crippen MR) is 102 cm³/mol. The minimum atomic E-state index is -0.704. The maximum Gasteiger partial charge on any atom is 0.234 e. The average Bonchev–Trinajstić information content (AvgIpc) is 3.04. The summed E-state index contributed by atoms with van der Waals surface area (Å²) >= 11 is 1.37. The third-order valence-electron chi connectivity index (χ3n) is 4.68. The van der Waals surface area contributed by atoms with Gasteiger partial charge in [0.05, 0.1) is 29.0 Å². The lowest BCUT2D eigenvalue weighted by Crippen LogP contribution is -2.50. The lowest BCUT2D eigenvalue weighted by atomic mass is 9.83. The van der Waals surface area contributed by atoms with Gasteiger partial charge in [-0.2, -0.15) is 5.26 Å². The summed E-state index contributed by atoms with van der Waals surface area (Å²) in [4.78, 5) is 20.4. The molecule has 1 aliphatic carbocycles. The van der Waals surface area contributed by atoms with Crippen molar-refractivity contribution in [2.75, 3.05) is 6.61 Å². The molecule has 1 aromatic heterocycles. The molecule has 0 bridgehead atoms. The molecule has 1 aromatic carbocycles. The summed E-state index contributed by atoms with van der Waals surface area (Å²) in [5.74, 6) is 0.674. The molecule has 0 saturated heterocycles. The summed E-state index contributed by atoms with van der Waals surface area (Å²) in [6, 6.07) is 8.03. The first-order valence-corrected chi connectivity index (χ1v) is 9.96. The first-order valence-electron chi connectivity index (χ1n) is 9.08. The molecule has 1 fully saturated rings. The Morgan fingerprint density at radius 3 is 2.92 bits per heavy atom. The first kappa shape index (κ1) is 18.6. The van der Waals surface area contributed by atoms with Crippen LogP contribution in [0.2, 0.25) is 0 Å². The predicted octanol–water partition coefficient (Wildman–Crippen LogP) is 3.78. The Morgan fingerprint density at radius 2 is 2.23 bits per heavy atom. The van der Waals surface area contributed by atoms with Gasteiger partial charge >= 0.3 is 0 Å². The van der Waals surface area contributed by atoms with Crippen LogP contribution in [0.25, 0.3) is 11.0 Å². The standard InChI is InChI=1S/C19H24N4O2S/c1-3-25-14-7-8-15-16(11-14)22-18(21-15)26-13(2)17(24)23-19(12-20)9-5-4-6-10-19/h7-8,11,13H,3-6,9-10H2,1-2H3,(H,21,22)(H,23,24). The van der Waals surface area contributed by atoms with E-state index < -0.39 is 5.54 Å². The maximum atomic E-state index is 12.6. The van der Waals surface area contributed by atoms with Gasteiger partial charge in [-0.1, -0.05) is 31.0 Å². The van der Waals surface area contributed by atoms with Crippen molar-refractivity contribution in [2.24, 2.45) is 0 Å². The Bertz CT molecular complexity index is 821. The van der Waals surface area contributed by atoms with Gasteiger partial charge in [0.2, 0.25) is 5.91 Å². The molecular formula is C19H24N4O2S. The topological polar surface area (TPSA) is 90.8 Å². The van der Waals surface area contributed by atoms with Crippen molar-refractivity contribution < 1.29 is 9.53 Å². The number of H-pyrrole nitrogens is 1. The van der Waals surface area contributed by atoms with Crippen LogP contribution in [-0.2, 0) is 4.79 Å². The molecule has 0 radical (unpaired) electrons. The van der Waals surface area contributed by atoms with Crippen molar-refractivity contribution in [1.29, 1.82) is 5.26 Å². The summed E-state index contributed by atoms with van der Waals surface area (Å²) in [5.41, 5.74) is 1.01. The van der Waals surface area contributed by atoms with Crippen molar-refractivity contribution in [3.05, 3.63) is 18.2 Å². The molecule has 1 amide bonds. The molecule has 1 heterocycles. The number of nitrogens with one attached hydrogen (secondary N) is 2. The number of ether oxygens (including phenoxy) is 1. The largest absolute Gasteiger partial charge is 0.494 e. The molecule has 2 aromatic rings. The molecule has 138 valence electrons. The lowest BCUT2D eigenvalue weighted by molar-refractivity contribution is -0.121. The Hall–Kier alpha value is -2.20. The number of hydrogen-bond acceptors (Lipinski definition) is 5. The smallest absolute Gasteiger partial charge is 0.234 e. The number of imidazole rings is 1. The van der Waals surface area contributed by atoms with Gasteiger partial charge in [0.25, 0.3) is 0 Å². The average molecular weight is 372 g/mol. The second-order valence-corrected chi connectivity index (χ2v) is 7.99. The maximum absolute atomic E-state index is 12.6. The number of rotatable bonds is 6. The third kappa shape index (κ3) is 4.13. The summed E-state index contributed by atoms with van der Waals surface area (Å²) in [6.45, 7) is 4.39. The van der Waals surface area contributed by atoms with E-state index in [9.17, 15) is 10.1 Å². The van der Waals surface area contributed by atoms with Gasteiger partial charge in [-0.05, 0) is 38.8 Å². The third-order valence-corrected chi connectivity index (χ3v) is 5.67. The van der Waals surface area contributed by atoms with E-state index in [1.165, 1.54) is 11.8 Å². The Balaban J connectivity index is 1.67. The Morgan fingerprint density at radius 1 is 1.46 bits per heavy atom. The molecule has 6 nitrogen and oxygen atoms in total. The number of benzene rings is 1. The normalized spacial score (nSPS) is 17.4. The van der Waals surface area contributed by atoms with Crippen LogP contribution < -0.4 is 10.1 Å². The van der Waals surface area contributed by atoms with Gasteiger partial charge in [-0.25, -0.2) is 4.98 Å². The summed E-state index contributed by atoms with van der Waals surface area (Å²) in [7, 11) is 0. The van der Waals surface area contributed by atoms with E-state index in [-0.39, 0.29) is 11.2 Å². The summed E-state index contributed by atoms with van der Waals surface area (Å²) in [6.07, 6.45) is 4.57. The number of aromatic amines is 1. The number of fused-ring (bicyclic) bond motifs is 1. The fourth-order valence-electron chi connectivity index (χ4n) is 3.26. The van der Waals surface area contributed by atoms with Crippen molar-refractivity contribution >= 4 is 28.7 Å². The number of amides is 1. The Kier molecular flexibility index (Phi) is 5.72. The molecule has 0 spiro atoms. The van der Waals surface area contributed by atoms with Gasteiger partial charge in [-0.15, -0.1) is 0 Å². The van der Waals surface area contributed by atoms with E-state index in [1.54, 1.807) is 0 Å².